The summed E-state index contributed by atoms with van der Waals surface area (Å²) in [5.41, 5.74) is 0.307. The molecule has 3 nitrogen and oxygen atoms in total. The molecule has 0 aliphatic rings. The molecule has 22 heavy (non-hydrogen) atoms. The van der Waals surface area contributed by atoms with Crippen molar-refractivity contribution in [2.24, 2.45) is 0 Å². The lowest BCUT2D eigenvalue weighted by Crippen LogP contribution is -2.29. The zero-order valence-electron chi connectivity index (χ0n) is 11.6. The average Bonchev–Trinajstić information content (AvgIpc) is 2.49. The number of carbonyl (C=O) groups is 1. The molecule has 6 heteroatoms. The minimum Gasteiger partial charge on any atom is -0.492 e. The van der Waals surface area contributed by atoms with Crippen LogP contribution in [-0.2, 0) is 11.2 Å². The summed E-state index contributed by atoms with van der Waals surface area (Å²) in [5, 5.41) is 2.56. The fraction of sp³-hybridized carbons (Fsp3) is 0.188. The van der Waals surface area contributed by atoms with E-state index in [0.717, 1.165) is 12.1 Å². The highest BCUT2D eigenvalue weighted by atomic mass is 19.2. The van der Waals surface area contributed by atoms with E-state index in [1.807, 2.05) is 0 Å². The first-order chi connectivity index (χ1) is 10.6. The quantitative estimate of drug-likeness (QED) is 0.833. The smallest absolute Gasteiger partial charge is 0.224 e. The molecule has 0 saturated carbocycles. The Hall–Kier alpha value is -2.50. The van der Waals surface area contributed by atoms with Crippen molar-refractivity contribution >= 4 is 5.91 Å². The van der Waals surface area contributed by atoms with E-state index in [-0.39, 0.29) is 31.2 Å². The molecule has 0 saturated heterocycles. The molecule has 116 valence electrons. The number of carbonyl (C=O) groups excluding carboxylic acids is 1. The third-order valence-electron chi connectivity index (χ3n) is 2.89. The Morgan fingerprint density at radius 1 is 1.00 bits per heavy atom. The molecule has 2 aromatic carbocycles. The van der Waals surface area contributed by atoms with Crippen molar-refractivity contribution in [3.8, 4) is 5.75 Å². The van der Waals surface area contributed by atoms with Gasteiger partial charge in [-0.3, -0.25) is 4.79 Å². The summed E-state index contributed by atoms with van der Waals surface area (Å²) in [6.45, 7) is 0.264. The van der Waals surface area contributed by atoms with Gasteiger partial charge in [0.2, 0.25) is 5.91 Å². The third kappa shape index (κ3) is 4.51. The van der Waals surface area contributed by atoms with Crippen molar-refractivity contribution in [2.45, 2.75) is 6.42 Å². The lowest BCUT2D eigenvalue weighted by Gasteiger charge is -2.08. The molecule has 0 fully saturated rings. The summed E-state index contributed by atoms with van der Waals surface area (Å²) >= 11 is 0. The summed E-state index contributed by atoms with van der Waals surface area (Å²) in [6, 6.07) is 9.20. The van der Waals surface area contributed by atoms with Gasteiger partial charge in [0.1, 0.15) is 18.2 Å². The third-order valence-corrected chi connectivity index (χ3v) is 2.89. The van der Waals surface area contributed by atoms with Gasteiger partial charge in [-0.05, 0) is 23.8 Å². The minimum absolute atomic E-state index is 0.0716. The van der Waals surface area contributed by atoms with Crippen molar-refractivity contribution in [3.63, 3.8) is 0 Å². The van der Waals surface area contributed by atoms with Crippen LogP contribution in [0.25, 0.3) is 0 Å². The summed E-state index contributed by atoms with van der Waals surface area (Å²) < 4.78 is 44.2. The Morgan fingerprint density at radius 3 is 2.50 bits per heavy atom. The molecule has 0 bridgehead atoms. The first kappa shape index (κ1) is 15.9. The Morgan fingerprint density at radius 2 is 1.77 bits per heavy atom. The molecule has 1 N–H and O–H groups in total. The molecule has 0 aliphatic carbocycles. The summed E-state index contributed by atoms with van der Waals surface area (Å²) in [4.78, 5) is 11.6. The second-order valence-corrected chi connectivity index (χ2v) is 4.54. The van der Waals surface area contributed by atoms with Gasteiger partial charge in [-0.15, -0.1) is 0 Å². The van der Waals surface area contributed by atoms with Crippen LogP contribution in [0.2, 0.25) is 0 Å². The second-order valence-electron chi connectivity index (χ2n) is 4.54. The molecule has 0 atom stereocenters. The summed E-state index contributed by atoms with van der Waals surface area (Å²) in [7, 11) is 0. The fourth-order valence-corrected chi connectivity index (χ4v) is 1.80. The molecule has 0 heterocycles. The number of amides is 1. The Labute approximate surface area is 125 Å². The maximum absolute atomic E-state index is 13.4. The number of nitrogens with one attached hydrogen (secondary N) is 1. The monoisotopic (exact) mass is 309 g/mol. The van der Waals surface area contributed by atoms with Crippen LogP contribution < -0.4 is 10.1 Å². The SMILES string of the molecule is O=C(Cc1ccccc1F)NCCOc1ccc(F)c(F)c1. The first-order valence-corrected chi connectivity index (χ1v) is 6.64. The van der Waals surface area contributed by atoms with Crippen LogP contribution in [0.3, 0.4) is 0 Å². The van der Waals surface area contributed by atoms with Gasteiger partial charge in [-0.1, -0.05) is 18.2 Å². The van der Waals surface area contributed by atoms with E-state index in [1.54, 1.807) is 12.1 Å². The van der Waals surface area contributed by atoms with Gasteiger partial charge in [0, 0.05) is 6.07 Å². The van der Waals surface area contributed by atoms with Gasteiger partial charge in [0.05, 0.1) is 13.0 Å². The normalized spacial score (nSPS) is 10.3. The molecule has 0 aromatic heterocycles. The van der Waals surface area contributed by atoms with Gasteiger partial charge < -0.3 is 10.1 Å². The predicted molar refractivity (Wildman–Crippen MR) is 75.0 cm³/mol. The van der Waals surface area contributed by atoms with Crippen molar-refractivity contribution in [3.05, 3.63) is 65.5 Å². The van der Waals surface area contributed by atoms with E-state index < -0.39 is 17.5 Å². The highest BCUT2D eigenvalue weighted by Crippen LogP contribution is 2.15. The molecule has 0 spiro atoms. The molecule has 2 aromatic rings. The molecule has 0 unspecified atom stereocenters. The molecular weight excluding hydrogens is 295 g/mol. The number of hydrogen-bond donors (Lipinski definition) is 1. The Bertz CT molecular complexity index is 662. The van der Waals surface area contributed by atoms with Crippen LogP contribution in [0.4, 0.5) is 13.2 Å². The Kier molecular flexibility index (Phi) is 5.41. The first-order valence-electron chi connectivity index (χ1n) is 6.64. The summed E-state index contributed by atoms with van der Waals surface area (Å²) in [5.74, 6) is -2.57. The number of rotatable bonds is 6. The van der Waals surface area contributed by atoms with Crippen molar-refractivity contribution in [1.29, 1.82) is 0 Å². The van der Waals surface area contributed by atoms with E-state index in [4.69, 9.17) is 4.74 Å². The van der Waals surface area contributed by atoms with Gasteiger partial charge in [0.15, 0.2) is 11.6 Å². The van der Waals surface area contributed by atoms with Crippen LogP contribution in [0, 0.1) is 17.5 Å². The lowest BCUT2D eigenvalue weighted by molar-refractivity contribution is -0.120. The van der Waals surface area contributed by atoms with Crippen molar-refractivity contribution in [1.82, 2.24) is 5.32 Å². The van der Waals surface area contributed by atoms with Crippen LogP contribution in [0.15, 0.2) is 42.5 Å². The number of hydrogen-bond acceptors (Lipinski definition) is 2. The van der Waals surface area contributed by atoms with Gasteiger partial charge in [-0.2, -0.15) is 0 Å². The largest absolute Gasteiger partial charge is 0.492 e. The molecular formula is C16H14F3NO2. The van der Waals surface area contributed by atoms with Gasteiger partial charge in [0.25, 0.3) is 0 Å². The predicted octanol–water partition coefficient (Wildman–Crippen LogP) is 2.84. The minimum atomic E-state index is -0.999. The van der Waals surface area contributed by atoms with E-state index in [9.17, 15) is 18.0 Å². The standard InChI is InChI=1S/C16H14F3NO2/c17-13-4-2-1-3-11(13)9-16(21)20-7-8-22-12-5-6-14(18)15(19)10-12/h1-6,10H,7-9H2,(H,20,21). The average molecular weight is 309 g/mol. The fourth-order valence-electron chi connectivity index (χ4n) is 1.80. The number of benzene rings is 2. The highest BCUT2D eigenvalue weighted by Gasteiger charge is 2.07. The molecule has 0 aliphatic heterocycles. The van der Waals surface area contributed by atoms with Crippen LogP contribution >= 0.6 is 0 Å². The zero-order valence-corrected chi connectivity index (χ0v) is 11.6. The number of halogens is 3. The van der Waals surface area contributed by atoms with Crippen molar-refractivity contribution in [2.75, 3.05) is 13.2 Å². The van der Waals surface area contributed by atoms with Crippen LogP contribution in [0.1, 0.15) is 5.56 Å². The second kappa shape index (κ2) is 7.49. The van der Waals surface area contributed by atoms with E-state index in [2.05, 4.69) is 5.32 Å². The van der Waals surface area contributed by atoms with Crippen molar-refractivity contribution < 1.29 is 22.7 Å². The molecule has 1 amide bonds. The van der Waals surface area contributed by atoms with Crippen LogP contribution in [0.5, 0.6) is 5.75 Å². The maximum Gasteiger partial charge on any atom is 0.224 e. The van der Waals surface area contributed by atoms with E-state index >= 15 is 0 Å². The molecule has 2 rings (SSSR count). The topological polar surface area (TPSA) is 38.3 Å². The molecule has 0 radical (unpaired) electrons. The van der Waals surface area contributed by atoms with Gasteiger partial charge >= 0.3 is 0 Å². The number of ether oxygens (including phenoxy) is 1. The van der Waals surface area contributed by atoms with Gasteiger partial charge in [-0.25, -0.2) is 13.2 Å². The lowest BCUT2D eigenvalue weighted by atomic mass is 10.1. The van der Waals surface area contributed by atoms with E-state index in [1.165, 1.54) is 18.2 Å². The summed E-state index contributed by atoms with van der Waals surface area (Å²) in [6.07, 6.45) is -0.0716. The maximum atomic E-state index is 13.4. The zero-order chi connectivity index (χ0) is 15.9. The Balaban J connectivity index is 1.73. The van der Waals surface area contributed by atoms with E-state index in [0.29, 0.717) is 5.56 Å². The highest BCUT2D eigenvalue weighted by molar-refractivity contribution is 5.78. The van der Waals surface area contributed by atoms with Crippen LogP contribution in [-0.4, -0.2) is 19.1 Å².